The Kier molecular flexibility index (Phi) is 10.7. The third-order valence-corrected chi connectivity index (χ3v) is 3.92. The molecule has 0 N–H and O–H groups in total. The van der Waals surface area contributed by atoms with Crippen molar-refractivity contribution in [2.75, 3.05) is 0 Å². The zero-order chi connectivity index (χ0) is 7.71. The predicted molar refractivity (Wildman–Crippen MR) is 52.0 cm³/mol. The van der Waals surface area contributed by atoms with Crippen LogP contribution in [0.1, 0.15) is 13.3 Å². The summed E-state index contributed by atoms with van der Waals surface area (Å²) in [7, 11) is -4.37. The van der Waals surface area contributed by atoms with Crippen molar-refractivity contribution in [2.45, 2.75) is 16.8 Å². The molecule has 64 valence electrons. The molecule has 0 spiro atoms. The molecule has 11 heavy (non-hydrogen) atoms. The molecule has 0 aliphatic heterocycles. The maximum absolute atomic E-state index is 10.2. The fraction of sp³-hybridized carbons (Fsp3) is 1.00. The Labute approximate surface area is 105 Å². The molecule has 3 nitrogen and oxygen atoms in total. The SMILES string of the molecule is CCC(S)(S)S(=O)(=O)[O-].[Na+].[SiH4]. The van der Waals surface area contributed by atoms with Crippen LogP contribution in [0, 0.1) is 0 Å². The fourth-order valence-corrected chi connectivity index (χ4v) is 0.530. The second kappa shape index (κ2) is 6.31. The van der Waals surface area contributed by atoms with E-state index in [1.54, 1.807) is 0 Å². The van der Waals surface area contributed by atoms with Crippen molar-refractivity contribution in [3.8, 4) is 0 Å². The van der Waals surface area contributed by atoms with Gasteiger partial charge >= 0.3 is 29.6 Å². The molecular formula is C3H11NaO3S3Si. The molecular weight excluding hydrogens is 231 g/mol. The standard InChI is InChI=1S/C3H8O3S3.Na.H4Si/c1-2-3(7,8)9(4,5)6;;/h7-8H,2H2,1H3,(H,4,5,6);;1H4/q;+1;/p-1. The van der Waals surface area contributed by atoms with E-state index in [1.165, 1.54) is 6.92 Å². The Balaban J connectivity index is -0.000000320. The van der Waals surface area contributed by atoms with Crippen LogP contribution in [0.15, 0.2) is 0 Å². The van der Waals surface area contributed by atoms with E-state index in [2.05, 4.69) is 25.3 Å². The summed E-state index contributed by atoms with van der Waals surface area (Å²) in [5.74, 6) is 0. The average Bonchev–Trinajstić information content (AvgIpc) is 1.64. The normalized spacial score (nSPS) is 11.3. The summed E-state index contributed by atoms with van der Waals surface area (Å²) >= 11 is 7.06. The van der Waals surface area contributed by atoms with Crippen molar-refractivity contribution in [3.63, 3.8) is 0 Å². The first-order chi connectivity index (χ1) is 3.81. The maximum atomic E-state index is 10.2. The maximum Gasteiger partial charge on any atom is 1.00 e. The van der Waals surface area contributed by atoms with Gasteiger partial charge in [-0.25, -0.2) is 8.42 Å². The second-order valence-corrected chi connectivity index (χ2v) is 5.64. The summed E-state index contributed by atoms with van der Waals surface area (Å²) in [4.78, 5) is 0. The van der Waals surface area contributed by atoms with Gasteiger partial charge in [-0.1, -0.05) is 6.92 Å². The van der Waals surface area contributed by atoms with Gasteiger partial charge in [-0.15, -0.1) is 25.3 Å². The third-order valence-electron chi connectivity index (χ3n) is 0.861. The average molecular weight is 242 g/mol. The van der Waals surface area contributed by atoms with Crippen LogP contribution < -0.4 is 29.6 Å². The van der Waals surface area contributed by atoms with Crippen molar-refractivity contribution in [2.24, 2.45) is 0 Å². The molecule has 0 fully saturated rings. The molecule has 0 amide bonds. The van der Waals surface area contributed by atoms with Crippen LogP contribution in [0.25, 0.3) is 0 Å². The van der Waals surface area contributed by atoms with Crippen molar-refractivity contribution in [1.29, 1.82) is 0 Å². The van der Waals surface area contributed by atoms with Crippen LogP contribution in [-0.4, -0.2) is 27.3 Å². The number of rotatable bonds is 2. The molecule has 8 heteroatoms. The third kappa shape index (κ3) is 5.97. The number of hydrogen-bond acceptors (Lipinski definition) is 5. The summed E-state index contributed by atoms with van der Waals surface area (Å²) in [6, 6.07) is 0. The van der Waals surface area contributed by atoms with E-state index in [4.69, 9.17) is 0 Å². The predicted octanol–water partition coefficient (Wildman–Crippen LogP) is -3.99. The van der Waals surface area contributed by atoms with E-state index in [0.29, 0.717) is 0 Å². The van der Waals surface area contributed by atoms with Crippen molar-refractivity contribution >= 4 is 46.3 Å². The van der Waals surface area contributed by atoms with Gasteiger partial charge in [0.05, 0.1) is 0 Å². The Morgan fingerprint density at radius 2 is 1.73 bits per heavy atom. The number of hydrogen-bond donors (Lipinski definition) is 2. The molecule has 0 radical (unpaired) electrons. The summed E-state index contributed by atoms with van der Waals surface area (Å²) in [6.07, 6.45) is 0.0883. The summed E-state index contributed by atoms with van der Waals surface area (Å²) in [6.45, 7) is 1.52. The molecule has 0 aliphatic carbocycles. The van der Waals surface area contributed by atoms with E-state index in [1.807, 2.05) is 0 Å². The monoisotopic (exact) mass is 242 g/mol. The van der Waals surface area contributed by atoms with Crippen LogP contribution in [0.3, 0.4) is 0 Å². The van der Waals surface area contributed by atoms with Gasteiger partial charge < -0.3 is 4.55 Å². The topological polar surface area (TPSA) is 57.2 Å². The molecule has 0 rings (SSSR count). The van der Waals surface area contributed by atoms with Crippen LogP contribution >= 0.6 is 25.3 Å². The van der Waals surface area contributed by atoms with E-state index < -0.39 is 13.5 Å². The summed E-state index contributed by atoms with van der Waals surface area (Å²) < 4.78 is 28.8. The summed E-state index contributed by atoms with van der Waals surface area (Å²) in [5.41, 5.74) is 0. The molecule has 0 aromatic heterocycles. The fourth-order valence-electron chi connectivity index (χ4n) is 0.177. The minimum absolute atomic E-state index is 0. The molecule has 0 bridgehead atoms. The first-order valence-corrected chi connectivity index (χ1v) is 4.51. The summed E-state index contributed by atoms with van der Waals surface area (Å²) in [5, 5.41) is 0. The van der Waals surface area contributed by atoms with Crippen molar-refractivity contribution in [3.05, 3.63) is 0 Å². The number of thiol groups is 2. The van der Waals surface area contributed by atoms with E-state index in [0.717, 1.165) is 0 Å². The Bertz CT molecular complexity index is 190. The Hall–Kier alpha value is 1.83. The second-order valence-electron chi connectivity index (χ2n) is 1.55. The smallest absolute Gasteiger partial charge is 0.746 e. The quantitative estimate of drug-likeness (QED) is 0.225. The zero-order valence-electron chi connectivity index (χ0n) is 5.73. The van der Waals surface area contributed by atoms with E-state index in [9.17, 15) is 13.0 Å². The van der Waals surface area contributed by atoms with Gasteiger partial charge in [0, 0.05) is 0 Å². The Morgan fingerprint density at radius 3 is 1.73 bits per heavy atom. The van der Waals surface area contributed by atoms with Crippen LogP contribution in [-0.2, 0) is 10.1 Å². The van der Waals surface area contributed by atoms with E-state index in [-0.39, 0.29) is 46.9 Å². The molecule has 0 aromatic carbocycles. The molecule has 0 saturated heterocycles. The first-order valence-electron chi connectivity index (χ1n) is 2.21. The van der Waals surface area contributed by atoms with Gasteiger partial charge in [-0.05, 0) is 17.4 Å². The van der Waals surface area contributed by atoms with Crippen LogP contribution in [0.2, 0.25) is 0 Å². The molecule has 0 heterocycles. The van der Waals surface area contributed by atoms with Gasteiger partial charge in [0.25, 0.3) is 0 Å². The van der Waals surface area contributed by atoms with Crippen LogP contribution in [0.5, 0.6) is 0 Å². The van der Waals surface area contributed by atoms with Crippen LogP contribution in [0.4, 0.5) is 0 Å². The van der Waals surface area contributed by atoms with Gasteiger partial charge in [0.1, 0.15) is 13.5 Å². The minimum atomic E-state index is -4.37. The molecule has 0 atom stereocenters. The molecule has 0 saturated carbocycles. The van der Waals surface area contributed by atoms with E-state index >= 15 is 0 Å². The largest absolute Gasteiger partial charge is 1.00 e. The molecule has 0 aromatic rings. The van der Waals surface area contributed by atoms with Gasteiger partial charge in [0.15, 0.2) is 0 Å². The molecule has 0 aliphatic rings. The Morgan fingerprint density at radius 1 is 1.45 bits per heavy atom. The van der Waals surface area contributed by atoms with Gasteiger partial charge in [0.2, 0.25) is 0 Å². The van der Waals surface area contributed by atoms with Gasteiger partial charge in [-0.2, -0.15) is 0 Å². The van der Waals surface area contributed by atoms with Crippen molar-refractivity contribution in [1.82, 2.24) is 0 Å². The first kappa shape index (κ1) is 18.6. The zero-order valence-corrected chi connectivity index (χ0v) is 10.3. The van der Waals surface area contributed by atoms with Gasteiger partial charge in [-0.3, -0.25) is 0 Å². The molecule has 0 unspecified atom stereocenters. The van der Waals surface area contributed by atoms with Crippen molar-refractivity contribution < 1.29 is 42.5 Å². The minimum Gasteiger partial charge on any atom is -0.746 e.